The number of halogens is 1. The van der Waals surface area contributed by atoms with E-state index in [0.717, 1.165) is 18.5 Å². The van der Waals surface area contributed by atoms with Crippen LogP contribution in [0.4, 0.5) is 4.39 Å². The van der Waals surface area contributed by atoms with Crippen LogP contribution in [0, 0.1) is 5.82 Å². The van der Waals surface area contributed by atoms with E-state index < -0.39 is 0 Å². The van der Waals surface area contributed by atoms with Crippen molar-refractivity contribution in [3.63, 3.8) is 0 Å². The molecule has 0 aliphatic rings. The van der Waals surface area contributed by atoms with Gasteiger partial charge in [-0.3, -0.25) is 0 Å². The van der Waals surface area contributed by atoms with E-state index in [0.29, 0.717) is 19.8 Å². The maximum absolute atomic E-state index is 12.9. The van der Waals surface area contributed by atoms with Crippen LogP contribution in [0.5, 0.6) is 0 Å². The van der Waals surface area contributed by atoms with Gasteiger partial charge in [0.05, 0.1) is 25.9 Å². The molecule has 1 N–H and O–H groups in total. The minimum atomic E-state index is -0.215. The van der Waals surface area contributed by atoms with Gasteiger partial charge in [-0.1, -0.05) is 19.1 Å². The number of methoxy groups -OCH3 is 1. The number of rotatable bonds is 9. The van der Waals surface area contributed by atoms with Crippen LogP contribution in [0.15, 0.2) is 24.3 Å². The summed E-state index contributed by atoms with van der Waals surface area (Å²) in [5.74, 6) is -0.215. The van der Waals surface area contributed by atoms with E-state index in [-0.39, 0.29) is 11.9 Å². The lowest BCUT2D eigenvalue weighted by Gasteiger charge is -2.19. The van der Waals surface area contributed by atoms with E-state index in [9.17, 15) is 4.39 Å². The Balaban J connectivity index is 2.51. The van der Waals surface area contributed by atoms with E-state index in [1.807, 2.05) is 0 Å². The fraction of sp³-hybridized carbons (Fsp3) is 0.571. The molecule has 1 rings (SSSR count). The number of nitrogens with one attached hydrogen (secondary N) is 1. The summed E-state index contributed by atoms with van der Waals surface area (Å²) in [5.41, 5.74) is 1.04. The Morgan fingerprint density at radius 2 is 1.94 bits per heavy atom. The Kier molecular flexibility index (Phi) is 7.57. The van der Waals surface area contributed by atoms with Gasteiger partial charge < -0.3 is 14.8 Å². The summed E-state index contributed by atoms with van der Waals surface area (Å²) in [7, 11) is 1.65. The van der Waals surface area contributed by atoms with Crippen LogP contribution in [0.3, 0.4) is 0 Å². The largest absolute Gasteiger partial charge is 0.382 e. The summed E-state index contributed by atoms with van der Waals surface area (Å²) >= 11 is 0. The minimum Gasteiger partial charge on any atom is -0.382 e. The monoisotopic (exact) mass is 255 g/mol. The smallest absolute Gasteiger partial charge is 0.123 e. The van der Waals surface area contributed by atoms with Gasteiger partial charge in [-0.15, -0.1) is 0 Å². The van der Waals surface area contributed by atoms with Crippen LogP contribution in [0.25, 0.3) is 0 Å². The highest BCUT2D eigenvalue weighted by atomic mass is 19.1. The van der Waals surface area contributed by atoms with Gasteiger partial charge in [0.15, 0.2) is 0 Å². The molecule has 0 spiro atoms. The Hall–Kier alpha value is -0.970. The Bertz CT molecular complexity index is 316. The summed E-state index contributed by atoms with van der Waals surface area (Å²) in [6.07, 6.45) is 1.05. The molecule has 1 aromatic rings. The van der Waals surface area contributed by atoms with Gasteiger partial charge in [-0.2, -0.15) is 0 Å². The Morgan fingerprint density at radius 3 is 2.56 bits per heavy atom. The molecule has 1 aromatic carbocycles. The first-order valence-electron chi connectivity index (χ1n) is 6.33. The molecule has 1 unspecified atom stereocenters. The molecule has 0 fully saturated rings. The second-order valence-electron chi connectivity index (χ2n) is 4.13. The fourth-order valence-electron chi connectivity index (χ4n) is 1.63. The van der Waals surface area contributed by atoms with Crippen LogP contribution in [0.1, 0.15) is 24.9 Å². The second kappa shape index (κ2) is 9.03. The van der Waals surface area contributed by atoms with E-state index in [2.05, 4.69) is 12.2 Å². The fourth-order valence-corrected chi connectivity index (χ4v) is 1.63. The highest BCUT2D eigenvalue weighted by Crippen LogP contribution is 2.14. The number of benzene rings is 1. The van der Waals surface area contributed by atoms with Crippen LogP contribution >= 0.6 is 0 Å². The first-order chi connectivity index (χ1) is 8.77. The molecule has 4 heteroatoms. The minimum absolute atomic E-state index is 0.0995. The average molecular weight is 255 g/mol. The van der Waals surface area contributed by atoms with Crippen molar-refractivity contribution in [2.24, 2.45) is 0 Å². The van der Waals surface area contributed by atoms with Crippen LogP contribution in [-0.2, 0) is 9.47 Å². The van der Waals surface area contributed by atoms with Gasteiger partial charge in [-0.25, -0.2) is 4.39 Å². The van der Waals surface area contributed by atoms with Gasteiger partial charge in [0, 0.05) is 7.11 Å². The first kappa shape index (κ1) is 15.1. The third-order valence-corrected chi connectivity index (χ3v) is 2.63. The summed E-state index contributed by atoms with van der Waals surface area (Å²) < 4.78 is 23.4. The Morgan fingerprint density at radius 1 is 1.22 bits per heavy atom. The molecule has 0 radical (unpaired) electrons. The predicted octanol–water partition coefficient (Wildman–Crippen LogP) is 2.53. The number of hydrogen-bond acceptors (Lipinski definition) is 3. The molecule has 0 saturated heterocycles. The molecule has 102 valence electrons. The van der Waals surface area contributed by atoms with Gasteiger partial charge in [0.25, 0.3) is 0 Å². The van der Waals surface area contributed by atoms with Crippen molar-refractivity contribution >= 4 is 0 Å². The molecule has 3 nitrogen and oxygen atoms in total. The summed E-state index contributed by atoms with van der Waals surface area (Å²) in [6.45, 7) is 4.75. The molecule has 0 bridgehead atoms. The SMILES string of the molecule is CCCNC(COCCOC)c1ccc(F)cc1. The maximum atomic E-state index is 12.9. The molecule has 0 heterocycles. The molecule has 0 saturated carbocycles. The summed E-state index contributed by atoms with van der Waals surface area (Å²) in [4.78, 5) is 0. The third kappa shape index (κ3) is 5.58. The second-order valence-corrected chi connectivity index (χ2v) is 4.13. The van der Waals surface area contributed by atoms with Crippen molar-refractivity contribution in [2.75, 3.05) is 33.5 Å². The van der Waals surface area contributed by atoms with Crippen molar-refractivity contribution < 1.29 is 13.9 Å². The maximum Gasteiger partial charge on any atom is 0.123 e. The number of ether oxygens (including phenoxy) is 2. The highest BCUT2D eigenvalue weighted by Gasteiger charge is 2.10. The van der Waals surface area contributed by atoms with Crippen molar-refractivity contribution in [1.82, 2.24) is 5.32 Å². The molecule has 0 amide bonds. The van der Waals surface area contributed by atoms with E-state index >= 15 is 0 Å². The quantitative estimate of drug-likeness (QED) is 0.688. The molecule has 1 atom stereocenters. The molecule has 0 aliphatic carbocycles. The molecular formula is C14H22FNO2. The zero-order valence-electron chi connectivity index (χ0n) is 11.1. The standard InChI is InChI=1S/C14H22FNO2/c1-3-8-16-14(11-18-10-9-17-2)12-4-6-13(15)7-5-12/h4-7,14,16H,3,8-11H2,1-2H3. The zero-order chi connectivity index (χ0) is 13.2. The van der Waals surface area contributed by atoms with Crippen molar-refractivity contribution in [2.45, 2.75) is 19.4 Å². The van der Waals surface area contributed by atoms with Gasteiger partial charge in [-0.05, 0) is 30.7 Å². The van der Waals surface area contributed by atoms with E-state index in [4.69, 9.17) is 9.47 Å². The third-order valence-electron chi connectivity index (χ3n) is 2.63. The predicted molar refractivity (Wildman–Crippen MR) is 70.1 cm³/mol. The zero-order valence-corrected chi connectivity index (χ0v) is 11.1. The molecular weight excluding hydrogens is 233 g/mol. The van der Waals surface area contributed by atoms with Gasteiger partial charge in [0.1, 0.15) is 5.82 Å². The van der Waals surface area contributed by atoms with Crippen molar-refractivity contribution in [3.05, 3.63) is 35.6 Å². The average Bonchev–Trinajstić information content (AvgIpc) is 2.39. The highest BCUT2D eigenvalue weighted by molar-refractivity contribution is 5.20. The van der Waals surface area contributed by atoms with Crippen molar-refractivity contribution in [1.29, 1.82) is 0 Å². The summed E-state index contributed by atoms with van der Waals surface area (Å²) in [5, 5.41) is 3.39. The lowest BCUT2D eigenvalue weighted by atomic mass is 10.1. The Labute approximate surface area is 108 Å². The van der Waals surface area contributed by atoms with Crippen LogP contribution in [-0.4, -0.2) is 33.5 Å². The lowest BCUT2D eigenvalue weighted by molar-refractivity contribution is 0.0586. The lowest BCUT2D eigenvalue weighted by Crippen LogP contribution is -2.27. The number of hydrogen-bond donors (Lipinski definition) is 1. The first-order valence-corrected chi connectivity index (χ1v) is 6.33. The topological polar surface area (TPSA) is 30.5 Å². The molecule has 18 heavy (non-hydrogen) atoms. The van der Waals surface area contributed by atoms with Gasteiger partial charge in [0.2, 0.25) is 0 Å². The van der Waals surface area contributed by atoms with E-state index in [1.165, 1.54) is 12.1 Å². The summed E-state index contributed by atoms with van der Waals surface area (Å²) in [6, 6.07) is 6.64. The normalized spacial score (nSPS) is 12.6. The molecule has 0 aromatic heterocycles. The van der Waals surface area contributed by atoms with E-state index in [1.54, 1.807) is 19.2 Å². The van der Waals surface area contributed by atoms with Crippen molar-refractivity contribution in [3.8, 4) is 0 Å². The van der Waals surface area contributed by atoms with Gasteiger partial charge >= 0.3 is 0 Å². The molecule has 0 aliphatic heterocycles. The van der Waals surface area contributed by atoms with Crippen LogP contribution in [0.2, 0.25) is 0 Å². The van der Waals surface area contributed by atoms with Crippen LogP contribution < -0.4 is 5.32 Å².